The van der Waals surface area contributed by atoms with Gasteiger partial charge in [0.1, 0.15) is 0 Å². The SMILES string of the molecule is Cc1cccc(CC(=O)N2CCCC(c3[nH]ncc3C(=O)N3CCOCC3)C2)c1. The van der Waals surface area contributed by atoms with E-state index in [4.69, 9.17) is 4.74 Å². The molecule has 154 valence electrons. The van der Waals surface area contributed by atoms with E-state index in [9.17, 15) is 9.59 Å². The van der Waals surface area contributed by atoms with Crippen molar-refractivity contribution < 1.29 is 14.3 Å². The summed E-state index contributed by atoms with van der Waals surface area (Å²) >= 11 is 0. The minimum Gasteiger partial charge on any atom is -0.378 e. The van der Waals surface area contributed by atoms with Gasteiger partial charge in [-0.1, -0.05) is 29.8 Å². The predicted molar refractivity (Wildman–Crippen MR) is 109 cm³/mol. The maximum Gasteiger partial charge on any atom is 0.257 e. The van der Waals surface area contributed by atoms with E-state index in [0.29, 0.717) is 44.8 Å². The number of hydrogen-bond acceptors (Lipinski definition) is 4. The maximum atomic E-state index is 12.9. The third kappa shape index (κ3) is 4.50. The monoisotopic (exact) mass is 396 g/mol. The molecular weight excluding hydrogens is 368 g/mol. The second kappa shape index (κ2) is 8.78. The highest BCUT2D eigenvalue weighted by Gasteiger charge is 2.30. The normalized spacial score (nSPS) is 20.0. The Labute approximate surface area is 171 Å². The van der Waals surface area contributed by atoms with Crippen LogP contribution in [0.3, 0.4) is 0 Å². The Morgan fingerprint density at radius 2 is 2.03 bits per heavy atom. The first-order valence-electron chi connectivity index (χ1n) is 10.4. The van der Waals surface area contributed by atoms with E-state index >= 15 is 0 Å². The Bertz CT molecular complexity index is 872. The summed E-state index contributed by atoms with van der Waals surface area (Å²) in [5.41, 5.74) is 3.69. The number of benzene rings is 1. The molecular formula is C22H28N4O3. The highest BCUT2D eigenvalue weighted by atomic mass is 16.5. The van der Waals surface area contributed by atoms with Gasteiger partial charge in [0.15, 0.2) is 0 Å². The predicted octanol–water partition coefficient (Wildman–Crippen LogP) is 2.14. The molecule has 7 nitrogen and oxygen atoms in total. The fourth-order valence-corrected chi connectivity index (χ4v) is 4.26. The summed E-state index contributed by atoms with van der Waals surface area (Å²) in [6, 6.07) is 8.09. The van der Waals surface area contributed by atoms with Gasteiger partial charge in [-0.3, -0.25) is 14.7 Å². The molecule has 2 saturated heterocycles. The quantitative estimate of drug-likeness (QED) is 0.859. The number of likely N-dealkylation sites (tertiary alicyclic amines) is 1. The molecule has 4 rings (SSSR count). The van der Waals surface area contributed by atoms with Crippen LogP contribution in [0.2, 0.25) is 0 Å². The van der Waals surface area contributed by atoms with Crippen LogP contribution in [0.1, 0.15) is 45.9 Å². The lowest BCUT2D eigenvalue weighted by atomic mass is 9.91. The van der Waals surface area contributed by atoms with Crippen LogP contribution in [0.15, 0.2) is 30.5 Å². The molecule has 1 aromatic heterocycles. The smallest absolute Gasteiger partial charge is 0.257 e. The number of ether oxygens (including phenoxy) is 1. The number of piperidine rings is 1. The van der Waals surface area contributed by atoms with E-state index in [2.05, 4.69) is 16.3 Å². The summed E-state index contributed by atoms with van der Waals surface area (Å²) in [7, 11) is 0. The van der Waals surface area contributed by atoms with Crippen molar-refractivity contribution >= 4 is 11.8 Å². The Morgan fingerprint density at radius 1 is 1.21 bits per heavy atom. The van der Waals surface area contributed by atoms with Crippen LogP contribution in [0.4, 0.5) is 0 Å². The molecule has 0 spiro atoms. The van der Waals surface area contributed by atoms with Crippen LogP contribution in [-0.4, -0.2) is 71.2 Å². The highest BCUT2D eigenvalue weighted by molar-refractivity contribution is 5.95. The molecule has 2 aliphatic heterocycles. The number of H-pyrrole nitrogens is 1. The van der Waals surface area contributed by atoms with Crippen molar-refractivity contribution in [2.45, 2.75) is 32.1 Å². The van der Waals surface area contributed by atoms with E-state index in [1.807, 2.05) is 34.9 Å². The van der Waals surface area contributed by atoms with Gasteiger partial charge in [-0.25, -0.2) is 0 Å². The van der Waals surface area contributed by atoms with Crippen LogP contribution < -0.4 is 0 Å². The molecule has 2 aliphatic rings. The molecule has 0 bridgehead atoms. The molecule has 1 N–H and O–H groups in total. The van der Waals surface area contributed by atoms with E-state index < -0.39 is 0 Å². The molecule has 0 radical (unpaired) electrons. The zero-order valence-electron chi connectivity index (χ0n) is 16.9. The van der Waals surface area contributed by atoms with E-state index in [0.717, 1.165) is 36.2 Å². The minimum absolute atomic E-state index is 0.000241. The second-order valence-corrected chi connectivity index (χ2v) is 7.95. The first-order valence-corrected chi connectivity index (χ1v) is 10.4. The topological polar surface area (TPSA) is 78.5 Å². The van der Waals surface area contributed by atoms with Gasteiger partial charge >= 0.3 is 0 Å². The fraction of sp³-hybridized carbons (Fsp3) is 0.500. The van der Waals surface area contributed by atoms with Crippen molar-refractivity contribution in [3.05, 3.63) is 52.8 Å². The molecule has 1 unspecified atom stereocenters. The zero-order valence-corrected chi connectivity index (χ0v) is 16.9. The van der Waals surface area contributed by atoms with Crippen molar-refractivity contribution in [2.24, 2.45) is 0 Å². The number of carbonyl (C=O) groups excluding carboxylic acids is 2. The average molecular weight is 396 g/mol. The molecule has 7 heteroatoms. The van der Waals surface area contributed by atoms with Crippen molar-refractivity contribution in [1.29, 1.82) is 0 Å². The number of hydrogen-bond donors (Lipinski definition) is 1. The summed E-state index contributed by atoms with van der Waals surface area (Å²) in [6.45, 7) is 5.78. The molecule has 2 fully saturated rings. The lowest BCUT2D eigenvalue weighted by Gasteiger charge is -2.33. The average Bonchev–Trinajstić information content (AvgIpc) is 3.24. The second-order valence-electron chi connectivity index (χ2n) is 7.95. The largest absolute Gasteiger partial charge is 0.378 e. The first kappa shape index (κ1) is 19.6. The van der Waals surface area contributed by atoms with Crippen molar-refractivity contribution in [1.82, 2.24) is 20.0 Å². The third-order valence-corrected chi connectivity index (χ3v) is 5.82. The minimum atomic E-state index is 0.000241. The lowest BCUT2D eigenvalue weighted by molar-refractivity contribution is -0.131. The summed E-state index contributed by atoms with van der Waals surface area (Å²) < 4.78 is 5.35. The van der Waals surface area contributed by atoms with Gasteiger partial charge < -0.3 is 14.5 Å². The third-order valence-electron chi connectivity index (χ3n) is 5.82. The van der Waals surface area contributed by atoms with Gasteiger partial charge in [0, 0.05) is 32.1 Å². The number of aromatic amines is 1. The summed E-state index contributed by atoms with van der Waals surface area (Å²) in [5, 5.41) is 7.20. The van der Waals surface area contributed by atoms with Crippen LogP contribution >= 0.6 is 0 Å². The van der Waals surface area contributed by atoms with Crippen LogP contribution in [-0.2, 0) is 16.0 Å². The Morgan fingerprint density at radius 3 is 2.83 bits per heavy atom. The number of nitrogens with one attached hydrogen (secondary N) is 1. The Kier molecular flexibility index (Phi) is 5.94. The van der Waals surface area contributed by atoms with Gasteiger partial charge in [-0.05, 0) is 25.3 Å². The molecule has 29 heavy (non-hydrogen) atoms. The van der Waals surface area contributed by atoms with Crippen LogP contribution in [0, 0.1) is 6.92 Å². The lowest BCUT2D eigenvalue weighted by Crippen LogP contribution is -2.42. The molecule has 2 amide bonds. The number of aryl methyl sites for hydroxylation is 1. The van der Waals surface area contributed by atoms with Gasteiger partial charge in [-0.2, -0.15) is 5.10 Å². The number of carbonyl (C=O) groups is 2. The van der Waals surface area contributed by atoms with Crippen molar-refractivity contribution in [2.75, 3.05) is 39.4 Å². The molecule has 1 atom stereocenters. The van der Waals surface area contributed by atoms with Crippen LogP contribution in [0.5, 0.6) is 0 Å². The van der Waals surface area contributed by atoms with Gasteiger partial charge in [0.05, 0.1) is 37.1 Å². The maximum absolute atomic E-state index is 12.9. The summed E-state index contributed by atoms with van der Waals surface area (Å²) in [6.07, 6.45) is 3.91. The van der Waals surface area contributed by atoms with Gasteiger partial charge in [0.2, 0.25) is 5.91 Å². The molecule has 1 aromatic carbocycles. The summed E-state index contributed by atoms with van der Waals surface area (Å²) in [5.74, 6) is 0.244. The Balaban J connectivity index is 1.44. The van der Waals surface area contributed by atoms with E-state index in [1.54, 1.807) is 6.20 Å². The van der Waals surface area contributed by atoms with Crippen LogP contribution in [0.25, 0.3) is 0 Å². The van der Waals surface area contributed by atoms with E-state index in [1.165, 1.54) is 0 Å². The summed E-state index contributed by atoms with van der Waals surface area (Å²) in [4.78, 5) is 29.6. The van der Waals surface area contributed by atoms with Gasteiger partial charge in [-0.15, -0.1) is 0 Å². The fourth-order valence-electron chi connectivity index (χ4n) is 4.26. The van der Waals surface area contributed by atoms with Crippen molar-refractivity contribution in [3.63, 3.8) is 0 Å². The molecule has 2 aromatic rings. The number of rotatable bonds is 4. The Hall–Kier alpha value is -2.67. The number of morpholine rings is 1. The standard InChI is InChI=1S/C22H28N4O3/c1-16-4-2-5-17(12-16)13-20(27)26-7-3-6-18(15-26)21-19(14-23-24-21)22(28)25-8-10-29-11-9-25/h2,4-5,12,14,18H,3,6-11,13,15H2,1H3,(H,23,24). The van der Waals surface area contributed by atoms with Crippen molar-refractivity contribution in [3.8, 4) is 0 Å². The first-order chi connectivity index (χ1) is 14.1. The molecule has 0 aliphatic carbocycles. The number of amides is 2. The molecule has 3 heterocycles. The van der Waals surface area contributed by atoms with E-state index in [-0.39, 0.29) is 17.7 Å². The number of nitrogens with zero attached hydrogens (tertiary/aromatic N) is 3. The van der Waals surface area contributed by atoms with Gasteiger partial charge in [0.25, 0.3) is 5.91 Å². The number of aromatic nitrogens is 2. The molecule has 0 saturated carbocycles. The highest BCUT2D eigenvalue weighted by Crippen LogP contribution is 2.29. The zero-order chi connectivity index (χ0) is 20.2.